The zero-order valence-corrected chi connectivity index (χ0v) is 16.3. The summed E-state index contributed by atoms with van der Waals surface area (Å²) in [6.07, 6.45) is -1.12. The molecule has 0 aromatic carbocycles. The highest BCUT2D eigenvalue weighted by atomic mass is 32.2. The van der Waals surface area contributed by atoms with E-state index < -0.39 is 48.8 Å². The minimum atomic E-state index is -3.76. The maximum atomic E-state index is 12.7. The molecule has 0 spiro atoms. The predicted molar refractivity (Wildman–Crippen MR) is 91.2 cm³/mol. The second kappa shape index (κ2) is 6.73. The van der Waals surface area contributed by atoms with Crippen LogP contribution in [0.5, 0.6) is 0 Å². The molecule has 2 heterocycles. The highest BCUT2D eigenvalue weighted by Gasteiger charge is 2.60. The Kier molecular flexibility index (Phi) is 5.36. The average Bonchev–Trinajstić information content (AvgIpc) is 2.43. The van der Waals surface area contributed by atoms with Crippen LogP contribution in [0, 0.1) is 0 Å². The lowest BCUT2D eigenvalue weighted by molar-refractivity contribution is -0.160. The van der Waals surface area contributed by atoms with Gasteiger partial charge in [0, 0.05) is 24.4 Å². The molecule has 25 heavy (non-hydrogen) atoms. The smallest absolute Gasteiger partial charge is 0.302 e. The number of amides is 1. The van der Waals surface area contributed by atoms with Gasteiger partial charge in [0.1, 0.15) is 12.3 Å². The van der Waals surface area contributed by atoms with Gasteiger partial charge >= 0.3 is 5.97 Å². The number of fused-ring (bicyclic) bond motifs is 1. The Hall–Kier alpha value is -1.39. The van der Waals surface area contributed by atoms with Crippen LogP contribution in [-0.4, -0.2) is 66.0 Å². The number of nitrogens with zero attached hydrogens (tertiary/aromatic N) is 1. The molecule has 2 aliphatic heterocycles. The lowest BCUT2D eigenvalue weighted by Crippen LogP contribution is -2.70. The first kappa shape index (κ1) is 19.9. The molecule has 0 bridgehead atoms. The number of rotatable bonds is 4. The second-order valence-electron chi connectivity index (χ2n) is 6.80. The molecule has 0 aromatic rings. The summed E-state index contributed by atoms with van der Waals surface area (Å²) in [6.45, 7) is 6.31. The molecular formula is C15H21NO7S2. The fourth-order valence-corrected chi connectivity index (χ4v) is 5.58. The van der Waals surface area contributed by atoms with E-state index in [1.165, 1.54) is 14.0 Å². The molecule has 2 rings (SSSR count). The first-order chi connectivity index (χ1) is 11.4. The van der Waals surface area contributed by atoms with E-state index in [4.69, 9.17) is 9.47 Å². The third-order valence-corrected chi connectivity index (χ3v) is 6.55. The van der Waals surface area contributed by atoms with Crippen molar-refractivity contribution < 1.29 is 32.3 Å². The quantitative estimate of drug-likeness (QED) is 0.503. The van der Waals surface area contributed by atoms with E-state index >= 15 is 0 Å². The summed E-state index contributed by atoms with van der Waals surface area (Å²) in [6, 6.07) is 0. The Morgan fingerprint density at radius 3 is 2.40 bits per heavy atom. The molecular weight excluding hydrogens is 370 g/mol. The number of hydrogen-bond donors (Lipinski definition) is 0. The zero-order chi connectivity index (χ0) is 19.2. The van der Waals surface area contributed by atoms with Gasteiger partial charge in [-0.25, -0.2) is 8.42 Å². The molecule has 0 saturated carbocycles. The topological polar surface area (TPSA) is 107 Å². The third-order valence-electron chi connectivity index (χ3n) is 3.61. The van der Waals surface area contributed by atoms with Crippen molar-refractivity contribution in [2.75, 3.05) is 19.5 Å². The van der Waals surface area contributed by atoms with E-state index in [9.17, 15) is 22.8 Å². The highest BCUT2D eigenvalue weighted by Crippen LogP contribution is 2.41. The van der Waals surface area contributed by atoms with Crippen molar-refractivity contribution in [1.82, 2.24) is 4.90 Å². The summed E-state index contributed by atoms with van der Waals surface area (Å²) in [5.41, 5.74) is 0.0930. The van der Waals surface area contributed by atoms with Crippen molar-refractivity contribution in [2.45, 2.75) is 43.9 Å². The number of hydrogen-bond acceptors (Lipinski definition) is 8. The van der Waals surface area contributed by atoms with Gasteiger partial charge in [0.2, 0.25) is 5.12 Å². The van der Waals surface area contributed by atoms with Crippen LogP contribution in [0.25, 0.3) is 0 Å². The Morgan fingerprint density at radius 1 is 1.32 bits per heavy atom. The van der Waals surface area contributed by atoms with Crippen LogP contribution in [0.15, 0.2) is 11.3 Å². The molecule has 1 saturated heterocycles. The van der Waals surface area contributed by atoms with Gasteiger partial charge in [-0.05, 0) is 0 Å². The molecule has 1 fully saturated rings. The van der Waals surface area contributed by atoms with Crippen molar-refractivity contribution in [3.63, 3.8) is 0 Å². The number of thioether (sulfide) groups is 1. The van der Waals surface area contributed by atoms with Crippen molar-refractivity contribution in [3.05, 3.63) is 11.3 Å². The summed E-state index contributed by atoms with van der Waals surface area (Å²) in [5.74, 6) is -1.65. The van der Waals surface area contributed by atoms with Crippen molar-refractivity contribution in [3.8, 4) is 0 Å². The maximum absolute atomic E-state index is 12.7. The lowest BCUT2D eigenvalue weighted by atomic mass is 10.1. The molecule has 0 aromatic heterocycles. The van der Waals surface area contributed by atoms with Crippen LogP contribution >= 0.6 is 11.8 Å². The van der Waals surface area contributed by atoms with Crippen LogP contribution < -0.4 is 0 Å². The monoisotopic (exact) mass is 391 g/mol. The first-order valence-electron chi connectivity index (χ1n) is 7.55. The van der Waals surface area contributed by atoms with E-state index in [0.29, 0.717) is 0 Å². The molecule has 0 N–H and O–H groups in total. The lowest BCUT2D eigenvalue weighted by Gasteiger charge is -2.48. The first-order valence-corrected chi connectivity index (χ1v) is 10.1. The van der Waals surface area contributed by atoms with E-state index in [1.807, 2.05) is 20.8 Å². The summed E-state index contributed by atoms with van der Waals surface area (Å²) < 4.78 is 34.4. The number of methoxy groups -OCH3 is 1. The van der Waals surface area contributed by atoms with Gasteiger partial charge in [-0.1, -0.05) is 32.5 Å². The normalized spacial score (nSPS) is 25.3. The predicted octanol–water partition coefficient (Wildman–Crippen LogP) is 0.474. The summed E-state index contributed by atoms with van der Waals surface area (Å²) in [7, 11) is -2.51. The van der Waals surface area contributed by atoms with E-state index in [1.54, 1.807) is 0 Å². The molecule has 0 unspecified atom stereocenters. The van der Waals surface area contributed by atoms with Crippen LogP contribution in [0.3, 0.4) is 0 Å². The minimum Gasteiger partial charge on any atom is -0.461 e. The van der Waals surface area contributed by atoms with Gasteiger partial charge in [-0.2, -0.15) is 0 Å². The molecule has 8 nitrogen and oxygen atoms in total. The molecule has 0 aliphatic carbocycles. The fraction of sp³-hybridized carbons (Fsp3) is 0.667. The number of ether oxygens (including phenoxy) is 2. The summed E-state index contributed by atoms with van der Waals surface area (Å²) >= 11 is 0.985. The average molecular weight is 391 g/mol. The number of β-lactam (4-membered cyclic amide) rings is 1. The largest absolute Gasteiger partial charge is 0.461 e. The molecule has 10 heteroatoms. The van der Waals surface area contributed by atoms with Gasteiger partial charge in [-0.15, -0.1) is 0 Å². The number of sulfone groups is 1. The number of carbonyl (C=O) groups is 3. The molecule has 2 aliphatic rings. The number of esters is 1. The minimum absolute atomic E-state index is 0.0145. The van der Waals surface area contributed by atoms with Gasteiger partial charge in [0.05, 0.1) is 5.75 Å². The maximum Gasteiger partial charge on any atom is 0.302 e. The molecule has 0 radical (unpaired) electrons. The van der Waals surface area contributed by atoms with E-state index in [0.717, 1.165) is 16.7 Å². The molecule has 1 amide bonds. The number of carbonyl (C=O) groups excluding carboxylic acids is 3. The summed E-state index contributed by atoms with van der Waals surface area (Å²) in [4.78, 5) is 37.1. The Balaban J connectivity index is 2.49. The van der Waals surface area contributed by atoms with Crippen LogP contribution in [0.1, 0.15) is 27.7 Å². The highest BCUT2D eigenvalue weighted by molar-refractivity contribution is 8.15. The third kappa shape index (κ3) is 3.90. The molecule has 140 valence electrons. The van der Waals surface area contributed by atoms with Gasteiger partial charge in [-0.3, -0.25) is 19.3 Å². The van der Waals surface area contributed by atoms with Gasteiger partial charge in [0.25, 0.3) is 5.91 Å². The zero-order valence-electron chi connectivity index (χ0n) is 14.7. The van der Waals surface area contributed by atoms with Crippen molar-refractivity contribution in [2.24, 2.45) is 0 Å². The van der Waals surface area contributed by atoms with Crippen LogP contribution in [0.4, 0.5) is 0 Å². The van der Waals surface area contributed by atoms with Gasteiger partial charge in [0.15, 0.2) is 21.3 Å². The van der Waals surface area contributed by atoms with Crippen LogP contribution in [-0.2, 0) is 33.7 Å². The Labute approximate surface area is 150 Å². The fourth-order valence-electron chi connectivity index (χ4n) is 2.68. The van der Waals surface area contributed by atoms with E-state index in [-0.39, 0.29) is 17.9 Å². The Morgan fingerprint density at radius 2 is 1.92 bits per heavy atom. The standard InChI is InChI=1S/C15H21NO7S2/c1-8(17)23-6-9-7-25(20,21)13-11(22-5)12(18)16(13)10(9)14(19)24-15(2,3)4/h11,13H,6-7H2,1-5H3/t11-,13+/m0/s1. The van der Waals surface area contributed by atoms with Crippen LogP contribution in [0.2, 0.25) is 0 Å². The Bertz CT molecular complexity index is 748. The van der Waals surface area contributed by atoms with Crippen molar-refractivity contribution in [1.29, 1.82) is 0 Å². The SMILES string of the molecule is CO[C@H]1C(=O)N2C(C(=O)SC(C)(C)C)=C(COC(C)=O)CS(=O)(=O)[C@H]12. The second-order valence-corrected chi connectivity index (χ2v) is 10.7. The summed E-state index contributed by atoms with van der Waals surface area (Å²) in [5, 5.41) is -1.65. The van der Waals surface area contributed by atoms with Gasteiger partial charge < -0.3 is 9.47 Å². The van der Waals surface area contributed by atoms with E-state index in [2.05, 4.69) is 0 Å². The van der Waals surface area contributed by atoms with Crippen molar-refractivity contribution >= 4 is 38.6 Å². The molecule has 2 atom stereocenters.